The number of benzene rings is 2. The van der Waals surface area contributed by atoms with Crippen LogP contribution in [-0.2, 0) is 14.9 Å². The molecule has 0 radical (unpaired) electrons. The summed E-state index contributed by atoms with van der Waals surface area (Å²) in [6.45, 7) is 8.55. The number of fused-ring (bicyclic) bond motifs is 2. The van der Waals surface area contributed by atoms with Gasteiger partial charge in [-0.1, -0.05) is 44.0 Å². The quantitative estimate of drug-likeness (QED) is 0.166. The summed E-state index contributed by atoms with van der Waals surface area (Å²) in [7, 11) is 0. The monoisotopic (exact) mass is 625 g/mol. The van der Waals surface area contributed by atoms with Crippen molar-refractivity contribution in [2.75, 3.05) is 33.0 Å². The lowest BCUT2D eigenvalue weighted by atomic mass is 9.86. The van der Waals surface area contributed by atoms with E-state index in [0.717, 1.165) is 18.9 Å². The molecule has 0 spiro atoms. The van der Waals surface area contributed by atoms with Crippen molar-refractivity contribution < 1.29 is 33.6 Å². The van der Waals surface area contributed by atoms with Crippen LogP contribution >= 0.6 is 23.2 Å². The van der Waals surface area contributed by atoms with Gasteiger partial charge < -0.3 is 18.9 Å². The minimum atomic E-state index is -0.747. The van der Waals surface area contributed by atoms with Crippen LogP contribution in [0.4, 0.5) is 11.4 Å². The highest BCUT2D eigenvalue weighted by Gasteiger charge is 2.42. The zero-order valence-corrected chi connectivity index (χ0v) is 25.3. The number of esters is 1. The Morgan fingerprint density at radius 1 is 0.976 bits per heavy atom. The largest absolute Gasteiger partial charge is 0.490 e. The molecule has 2 bridgehead atoms. The summed E-state index contributed by atoms with van der Waals surface area (Å²) in [4.78, 5) is 36.8. The molecule has 0 saturated carbocycles. The Balaban J connectivity index is 1.65. The molecule has 0 amide bonds. The van der Waals surface area contributed by atoms with Gasteiger partial charge in [-0.15, -0.1) is 0 Å². The average molecular weight is 626 g/mol. The molecule has 14 heteroatoms. The van der Waals surface area contributed by atoms with E-state index in [4.69, 9.17) is 42.1 Å². The van der Waals surface area contributed by atoms with Crippen molar-refractivity contribution >= 4 is 40.5 Å². The fourth-order valence-electron chi connectivity index (χ4n) is 5.26. The Labute approximate surface area is 253 Å². The van der Waals surface area contributed by atoms with Crippen LogP contribution in [0.25, 0.3) is 0 Å². The van der Waals surface area contributed by atoms with Crippen molar-refractivity contribution in [2.45, 2.75) is 64.1 Å². The van der Waals surface area contributed by atoms with Gasteiger partial charge in [0.2, 0.25) is 0 Å². The summed E-state index contributed by atoms with van der Waals surface area (Å²) in [5.74, 6) is -0.634. The van der Waals surface area contributed by atoms with Crippen molar-refractivity contribution in [3.05, 3.63) is 65.7 Å². The van der Waals surface area contributed by atoms with Gasteiger partial charge in [-0.3, -0.25) is 25.1 Å². The van der Waals surface area contributed by atoms with Gasteiger partial charge in [-0.25, -0.2) is 4.79 Å². The van der Waals surface area contributed by atoms with Gasteiger partial charge in [0.1, 0.15) is 24.7 Å². The smallest absolute Gasteiger partial charge is 0.338 e. The SMILES string of the molecule is CCOC(=O)c1cc(OCC(COc2cc(C(C)(C)C)cc([N+](=O)[O-])c2Cl)N2C3CCC2COC3)c(Cl)c([N+](=O)[O-])c1. The Hall–Kier alpha value is -3.19. The summed E-state index contributed by atoms with van der Waals surface area (Å²) < 4.78 is 23.0. The molecule has 3 atom stereocenters. The molecule has 2 aromatic rings. The standard InChI is InChI=1S/C28H33Cl2N3O9/c1-5-40-27(34)16-8-21(32(35)36)25(29)23(9-16)41-14-20(31-18-6-7-19(31)13-39-12-18)15-42-24-11-17(28(2,3)4)10-22(26(24)30)33(37)38/h8-11,18-20H,5-7,12-15H2,1-4H3. The summed E-state index contributed by atoms with van der Waals surface area (Å²) >= 11 is 12.8. The molecule has 2 aliphatic rings. The highest BCUT2D eigenvalue weighted by atomic mass is 35.5. The van der Waals surface area contributed by atoms with Crippen molar-refractivity contribution in [1.82, 2.24) is 4.90 Å². The molecule has 3 unspecified atom stereocenters. The molecule has 228 valence electrons. The molecular formula is C28H33Cl2N3O9. The van der Waals surface area contributed by atoms with E-state index in [0.29, 0.717) is 18.8 Å². The van der Waals surface area contributed by atoms with Crippen LogP contribution in [0.5, 0.6) is 11.5 Å². The van der Waals surface area contributed by atoms with Gasteiger partial charge in [0, 0.05) is 24.2 Å². The predicted molar refractivity (Wildman–Crippen MR) is 155 cm³/mol. The van der Waals surface area contributed by atoms with Gasteiger partial charge in [-0.2, -0.15) is 0 Å². The molecular weight excluding hydrogens is 593 g/mol. The molecule has 42 heavy (non-hydrogen) atoms. The summed E-state index contributed by atoms with van der Waals surface area (Å²) in [6, 6.07) is 5.26. The first-order valence-corrected chi connectivity index (χ1v) is 14.3. The molecule has 2 fully saturated rings. The van der Waals surface area contributed by atoms with Crippen LogP contribution in [0.2, 0.25) is 10.0 Å². The number of rotatable bonds is 11. The molecule has 2 saturated heterocycles. The third kappa shape index (κ3) is 6.88. The summed E-state index contributed by atoms with van der Waals surface area (Å²) in [5.41, 5.74) is -0.542. The third-order valence-electron chi connectivity index (χ3n) is 7.39. The fraction of sp³-hybridized carbons (Fsp3) is 0.536. The molecule has 0 N–H and O–H groups in total. The minimum absolute atomic E-state index is 0.0190. The maximum atomic E-state index is 12.4. The molecule has 4 rings (SSSR count). The normalized spacial score (nSPS) is 19.3. The van der Waals surface area contributed by atoms with Gasteiger partial charge >= 0.3 is 5.97 Å². The van der Waals surface area contributed by atoms with Crippen molar-refractivity contribution in [2.24, 2.45) is 0 Å². The van der Waals surface area contributed by atoms with E-state index in [1.54, 1.807) is 13.0 Å². The molecule has 2 heterocycles. The fourth-order valence-corrected chi connectivity index (χ4v) is 5.72. The number of halogens is 2. The first-order valence-electron chi connectivity index (χ1n) is 13.6. The van der Waals surface area contributed by atoms with Crippen molar-refractivity contribution in [3.8, 4) is 11.5 Å². The third-order valence-corrected chi connectivity index (χ3v) is 8.15. The highest BCUT2D eigenvalue weighted by Crippen LogP contribution is 2.40. The van der Waals surface area contributed by atoms with E-state index >= 15 is 0 Å². The minimum Gasteiger partial charge on any atom is -0.490 e. The number of nitrogens with zero attached hydrogens (tertiary/aromatic N) is 3. The number of hydrogen-bond donors (Lipinski definition) is 0. The molecule has 0 aromatic heterocycles. The molecule has 2 aliphatic heterocycles. The van der Waals surface area contributed by atoms with Crippen molar-refractivity contribution in [3.63, 3.8) is 0 Å². The van der Waals surface area contributed by atoms with Crippen LogP contribution < -0.4 is 9.47 Å². The van der Waals surface area contributed by atoms with E-state index in [-0.39, 0.29) is 64.7 Å². The number of nitro benzene ring substituents is 2. The highest BCUT2D eigenvalue weighted by molar-refractivity contribution is 6.34. The lowest BCUT2D eigenvalue weighted by Crippen LogP contribution is -2.55. The lowest BCUT2D eigenvalue weighted by Gasteiger charge is -2.40. The number of nitro groups is 2. The molecule has 12 nitrogen and oxygen atoms in total. The topological polar surface area (TPSA) is 144 Å². The first kappa shape index (κ1) is 31.7. The zero-order valence-electron chi connectivity index (χ0n) is 23.8. The Kier molecular flexibility index (Phi) is 9.81. The van der Waals surface area contributed by atoms with Gasteiger partial charge in [0.25, 0.3) is 11.4 Å². The van der Waals surface area contributed by atoms with E-state index in [1.165, 1.54) is 12.1 Å². The predicted octanol–water partition coefficient (Wildman–Crippen LogP) is 5.97. The maximum absolute atomic E-state index is 12.4. The number of morpholine rings is 1. The Morgan fingerprint density at radius 2 is 1.50 bits per heavy atom. The maximum Gasteiger partial charge on any atom is 0.338 e. The molecule has 2 aromatic carbocycles. The Morgan fingerprint density at radius 3 is 2.00 bits per heavy atom. The van der Waals surface area contributed by atoms with E-state index in [9.17, 15) is 25.0 Å². The van der Waals surface area contributed by atoms with Gasteiger partial charge in [0.05, 0.1) is 41.3 Å². The number of hydrogen-bond acceptors (Lipinski definition) is 10. The second kappa shape index (κ2) is 13.0. The summed E-state index contributed by atoms with van der Waals surface area (Å²) in [6.07, 6.45) is 1.80. The number of ether oxygens (including phenoxy) is 4. The number of carbonyl (C=O) groups excluding carboxylic acids is 1. The Bertz CT molecular complexity index is 1350. The van der Waals surface area contributed by atoms with E-state index in [2.05, 4.69) is 4.90 Å². The van der Waals surface area contributed by atoms with Gasteiger partial charge in [0.15, 0.2) is 10.0 Å². The number of carbonyl (C=O) groups is 1. The molecule has 0 aliphatic carbocycles. The van der Waals surface area contributed by atoms with Crippen LogP contribution in [0.1, 0.15) is 56.5 Å². The second-order valence-corrected chi connectivity index (χ2v) is 12.0. The van der Waals surface area contributed by atoms with Crippen LogP contribution in [0.15, 0.2) is 24.3 Å². The second-order valence-electron chi connectivity index (χ2n) is 11.2. The van der Waals surface area contributed by atoms with Crippen molar-refractivity contribution in [1.29, 1.82) is 0 Å². The lowest BCUT2D eigenvalue weighted by molar-refractivity contribution is -0.385. The first-order chi connectivity index (χ1) is 19.8. The van der Waals surface area contributed by atoms with Crippen LogP contribution in [0, 0.1) is 20.2 Å². The van der Waals surface area contributed by atoms with E-state index < -0.39 is 33.0 Å². The summed E-state index contributed by atoms with van der Waals surface area (Å²) in [5, 5.41) is 23.0. The van der Waals surface area contributed by atoms with Crippen LogP contribution in [-0.4, -0.2) is 71.9 Å². The average Bonchev–Trinajstić information content (AvgIpc) is 3.16. The zero-order chi connectivity index (χ0) is 30.8. The van der Waals surface area contributed by atoms with Crippen LogP contribution in [0.3, 0.4) is 0 Å². The van der Waals surface area contributed by atoms with Gasteiger partial charge in [-0.05, 0) is 42.9 Å². The van der Waals surface area contributed by atoms with E-state index in [1.807, 2.05) is 20.8 Å².